The Morgan fingerprint density at radius 3 is 2.56 bits per heavy atom. The van der Waals surface area contributed by atoms with Gasteiger partial charge in [0.25, 0.3) is 5.91 Å². The summed E-state index contributed by atoms with van der Waals surface area (Å²) >= 11 is 5.93. The average molecular weight is 385 g/mol. The minimum atomic E-state index is 0.0688. The molecule has 0 spiro atoms. The molecule has 0 N–H and O–H groups in total. The molecule has 0 bridgehead atoms. The molecule has 2 aromatic rings. The summed E-state index contributed by atoms with van der Waals surface area (Å²) in [5.74, 6) is 0.708. The van der Waals surface area contributed by atoms with E-state index < -0.39 is 0 Å². The van der Waals surface area contributed by atoms with Crippen LogP contribution in [0, 0.1) is 0 Å². The molecule has 1 saturated heterocycles. The lowest BCUT2D eigenvalue weighted by atomic mass is 10.1. The summed E-state index contributed by atoms with van der Waals surface area (Å²) < 4.78 is 5.97. The maximum absolute atomic E-state index is 13.1. The van der Waals surface area contributed by atoms with E-state index in [9.17, 15) is 4.79 Å². The van der Waals surface area contributed by atoms with E-state index in [0.717, 1.165) is 44.2 Å². The van der Waals surface area contributed by atoms with Gasteiger partial charge < -0.3 is 9.64 Å². The molecule has 5 heteroatoms. The third-order valence-electron chi connectivity index (χ3n) is 5.31. The van der Waals surface area contributed by atoms with Crippen LogP contribution in [0.4, 0.5) is 0 Å². The smallest absolute Gasteiger partial charge is 0.257 e. The molecule has 2 fully saturated rings. The predicted octanol–water partition coefficient (Wildman–Crippen LogP) is 4.23. The first kappa shape index (κ1) is 18.3. The van der Waals surface area contributed by atoms with Crippen molar-refractivity contribution < 1.29 is 9.53 Å². The zero-order valence-electron chi connectivity index (χ0n) is 15.4. The Morgan fingerprint density at radius 2 is 1.78 bits per heavy atom. The lowest BCUT2D eigenvalue weighted by Crippen LogP contribution is -2.36. The molecule has 4 nitrogen and oxygen atoms in total. The van der Waals surface area contributed by atoms with E-state index in [1.165, 1.54) is 12.8 Å². The van der Waals surface area contributed by atoms with E-state index in [0.29, 0.717) is 22.9 Å². The Kier molecular flexibility index (Phi) is 5.65. The van der Waals surface area contributed by atoms with Gasteiger partial charge in [0, 0.05) is 37.2 Å². The molecule has 142 valence electrons. The summed E-state index contributed by atoms with van der Waals surface area (Å²) in [6.07, 6.45) is 3.67. The van der Waals surface area contributed by atoms with E-state index in [4.69, 9.17) is 16.3 Å². The molecule has 2 aromatic carbocycles. The summed E-state index contributed by atoms with van der Waals surface area (Å²) in [6.45, 7) is 4.10. The first-order chi connectivity index (χ1) is 13.2. The van der Waals surface area contributed by atoms with Crippen LogP contribution in [-0.2, 0) is 6.61 Å². The number of hydrogen-bond donors (Lipinski definition) is 0. The third kappa shape index (κ3) is 4.63. The van der Waals surface area contributed by atoms with Gasteiger partial charge in [-0.05, 0) is 49.1 Å². The molecule has 0 aromatic heterocycles. The number of carbonyl (C=O) groups is 1. The van der Waals surface area contributed by atoms with Gasteiger partial charge in [0.1, 0.15) is 12.4 Å². The van der Waals surface area contributed by atoms with Crippen molar-refractivity contribution in [1.29, 1.82) is 0 Å². The van der Waals surface area contributed by atoms with Crippen LogP contribution in [0.15, 0.2) is 48.5 Å². The highest BCUT2D eigenvalue weighted by Gasteiger charge is 2.31. The Hall–Kier alpha value is -2.04. The lowest BCUT2D eigenvalue weighted by molar-refractivity contribution is 0.0756. The minimum Gasteiger partial charge on any atom is -0.488 e. The number of hydrogen-bond acceptors (Lipinski definition) is 3. The number of para-hydroxylation sites is 1. The summed E-state index contributed by atoms with van der Waals surface area (Å²) in [5, 5.41) is 0.704. The lowest BCUT2D eigenvalue weighted by Gasteiger charge is -2.23. The summed E-state index contributed by atoms with van der Waals surface area (Å²) in [5.41, 5.74) is 1.67. The van der Waals surface area contributed by atoms with Gasteiger partial charge in [0.15, 0.2) is 0 Å². The van der Waals surface area contributed by atoms with E-state index in [1.807, 2.05) is 53.4 Å². The van der Waals surface area contributed by atoms with Crippen LogP contribution in [0.25, 0.3) is 0 Å². The fourth-order valence-electron chi connectivity index (χ4n) is 3.63. The Bertz CT molecular complexity index is 789. The van der Waals surface area contributed by atoms with Crippen molar-refractivity contribution in [3.05, 3.63) is 64.7 Å². The molecule has 1 aliphatic heterocycles. The molecule has 27 heavy (non-hydrogen) atoms. The van der Waals surface area contributed by atoms with Gasteiger partial charge >= 0.3 is 0 Å². The largest absolute Gasteiger partial charge is 0.488 e. The number of nitrogens with zero attached hydrogens (tertiary/aromatic N) is 2. The molecule has 0 unspecified atom stereocenters. The molecule has 1 heterocycles. The highest BCUT2D eigenvalue weighted by atomic mass is 35.5. The van der Waals surface area contributed by atoms with E-state index in [1.54, 1.807) is 0 Å². The predicted molar refractivity (Wildman–Crippen MR) is 107 cm³/mol. The van der Waals surface area contributed by atoms with Crippen LogP contribution in [0.2, 0.25) is 5.02 Å². The Morgan fingerprint density at radius 1 is 1.00 bits per heavy atom. The molecule has 0 atom stereocenters. The summed E-state index contributed by atoms with van der Waals surface area (Å²) in [7, 11) is 0. The van der Waals surface area contributed by atoms with Gasteiger partial charge in [0.2, 0.25) is 0 Å². The molecule has 4 rings (SSSR count). The van der Waals surface area contributed by atoms with Crippen molar-refractivity contribution in [3.63, 3.8) is 0 Å². The first-order valence-corrected chi connectivity index (χ1v) is 10.1. The number of halogens is 1. The number of amides is 1. The van der Waals surface area contributed by atoms with Crippen LogP contribution in [0.3, 0.4) is 0 Å². The maximum Gasteiger partial charge on any atom is 0.257 e. The Balaban J connectivity index is 1.43. The van der Waals surface area contributed by atoms with Gasteiger partial charge in [-0.2, -0.15) is 0 Å². The monoisotopic (exact) mass is 384 g/mol. The second kappa shape index (κ2) is 8.32. The fourth-order valence-corrected chi connectivity index (χ4v) is 3.75. The van der Waals surface area contributed by atoms with Gasteiger partial charge in [-0.1, -0.05) is 35.9 Å². The summed E-state index contributed by atoms with van der Waals surface area (Å²) in [4.78, 5) is 17.6. The van der Waals surface area contributed by atoms with E-state index in [2.05, 4.69) is 4.90 Å². The van der Waals surface area contributed by atoms with E-state index >= 15 is 0 Å². The van der Waals surface area contributed by atoms with Gasteiger partial charge in [-0.15, -0.1) is 0 Å². The second-order valence-electron chi connectivity index (χ2n) is 7.32. The fraction of sp³-hybridized carbons (Fsp3) is 0.409. The van der Waals surface area contributed by atoms with Crippen LogP contribution >= 0.6 is 11.6 Å². The SMILES string of the molecule is O=C(c1ccccc1OCc1ccc(Cl)cc1)N1CCCN(C2CC2)CC1. The highest BCUT2D eigenvalue weighted by molar-refractivity contribution is 6.30. The number of rotatable bonds is 5. The number of ether oxygens (including phenoxy) is 1. The minimum absolute atomic E-state index is 0.0688. The van der Waals surface area contributed by atoms with Crippen LogP contribution in [0.1, 0.15) is 35.2 Å². The molecule has 1 saturated carbocycles. The van der Waals surface area contributed by atoms with Crippen molar-refractivity contribution in [2.75, 3.05) is 26.2 Å². The molecule has 1 amide bonds. The van der Waals surface area contributed by atoms with Crippen molar-refractivity contribution >= 4 is 17.5 Å². The first-order valence-electron chi connectivity index (χ1n) is 9.70. The zero-order chi connectivity index (χ0) is 18.6. The van der Waals surface area contributed by atoms with Crippen molar-refractivity contribution in [1.82, 2.24) is 9.80 Å². The molecule has 1 aliphatic carbocycles. The van der Waals surface area contributed by atoms with E-state index in [-0.39, 0.29) is 5.91 Å². The van der Waals surface area contributed by atoms with Crippen LogP contribution in [0.5, 0.6) is 5.75 Å². The summed E-state index contributed by atoms with van der Waals surface area (Å²) in [6, 6.07) is 15.9. The maximum atomic E-state index is 13.1. The van der Waals surface area contributed by atoms with Crippen molar-refractivity contribution in [3.8, 4) is 5.75 Å². The van der Waals surface area contributed by atoms with Crippen molar-refractivity contribution in [2.45, 2.75) is 31.9 Å². The van der Waals surface area contributed by atoms with Gasteiger partial charge in [-0.25, -0.2) is 0 Å². The second-order valence-corrected chi connectivity index (χ2v) is 7.76. The zero-order valence-corrected chi connectivity index (χ0v) is 16.2. The van der Waals surface area contributed by atoms with Gasteiger partial charge in [0.05, 0.1) is 5.56 Å². The number of carbonyl (C=O) groups excluding carboxylic acids is 1. The molecule has 0 radical (unpaired) electrons. The highest BCUT2D eigenvalue weighted by Crippen LogP contribution is 2.28. The topological polar surface area (TPSA) is 32.8 Å². The normalized spacial score (nSPS) is 18.2. The van der Waals surface area contributed by atoms with Crippen LogP contribution < -0.4 is 4.74 Å². The quantitative estimate of drug-likeness (QED) is 0.773. The molecule has 2 aliphatic rings. The Labute approximate surface area is 165 Å². The average Bonchev–Trinajstić information content (AvgIpc) is 3.53. The van der Waals surface area contributed by atoms with Crippen molar-refractivity contribution in [2.24, 2.45) is 0 Å². The standard InChI is InChI=1S/C22H25ClN2O2/c23-18-8-6-17(7-9-18)16-27-21-5-2-1-4-20(21)22(26)25-13-3-12-24(14-15-25)19-10-11-19/h1-2,4-9,19H,3,10-16H2. The van der Waals surface area contributed by atoms with Gasteiger partial charge in [-0.3, -0.25) is 9.69 Å². The third-order valence-corrected chi connectivity index (χ3v) is 5.56. The molecular formula is C22H25ClN2O2. The van der Waals surface area contributed by atoms with Crippen LogP contribution in [-0.4, -0.2) is 47.9 Å². The number of benzene rings is 2. The molecular weight excluding hydrogens is 360 g/mol.